The molecule has 1 atom stereocenters. The van der Waals surface area contributed by atoms with Crippen LogP contribution in [-0.4, -0.2) is 43.5 Å². The highest BCUT2D eigenvalue weighted by Crippen LogP contribution is 2.18. The zero-order chi connectivity index (χ0) is 25.7. The summed E-state index contributed by atoms with van der Waals surface area (Å²) in [6.45, 7) is 7.96. The molecule has 8 nitrogen and oxygen atoms in total. The number of ether oxygens (including phenoxy) is 1. The van der Waals surface area contributed by atoms with Crippen LogP contribution in [-0.2, 0) is 29.0 Å². The highest BCUT2D eigenvalue weighted by molar-refractivity contribution is 5.86. The van der Waals surface area contributed by atoms with Gasteiger partial charge < -0.3 is 24.9 Å². The van der Waals surface area contributed by atoms with Gasteiger partial charge in [-0.3, -0.25) is 4.79 Å². The lowest BCUT2D eigenvalue weighted by Crippen LogP contribution is -2.50. The summed E-state index contributed by atoms with van der Waals surface area (Å²) in [5, 5.41) is 3.90. The Morgan fingerprint density at radius 2 is 1.83 bits per heavy atom. The van der Waals surface area contributed by atoms with Crippen molar-refractivity contribution in [1.82, 2.24) is 25.2 Å². The number of amides is 2. The van der Waals surface area contributed by atoms with Crippen LogP contribution >= 0.6 is 0 Å². The topological polar surface area (TPSA) is 103 Å². The summed E-state index contributed by atoms with van der Waals surface area (Å²) < 4.78 is 5.47. The summed E-state index contributed by atoms with van der Waals surface area (Å²) in [5.74, 6) is 0.574. The maximum Gasteiger partial charge on any atom is 0.408 e. The number of imidazole rings is 1. The number of carbonyl (C=O) groups is 2. The molecule has 2 aromatic heterocycles. The number of alkyl carbamates (subject to hydrolysis) is 1. The molecular formula is C28H33N5O3. The van der Waals surface area contributed by atoms with Gasteiger partial charge in [-0.1, -0.05) is 36.4 Å². The summed E-state index contributed by atoms with van der Waals surface area (Å²) in [6, 6.07) is 16.9. The van der Waals surface area contributed by atoms with Crippen molar-refractivity contribution in [2.24, 2.45) is 0 Å². The Labute approximate surface area is 211 Å². The SMILES string of the molecule is Cc1ncc(CN(Cc2ccc3[nH]ccc3c2)C(=O)C(Cc2ccccc2)NC(=O)OC(C)(C)C)[nH]1. The average Bonchev–Trinajstić information content (AvgIpc) is 3.45. The molecule has 1 unspecified atom stereocenters. The second kappa shape index (κ2) is 10.7. The van der Waals surface area contributed by atoms with E-state index in [-0.39, 0.29) is 5.91 Å². The molecule has 0 fully saturated rings. The van der Waals surface area contributed by atoms with Crippen LogP contribution in [0.25, 0.3) is 10.9 Å². The molecule has 0 saturated carbocycles. The largest absolute Gasteiger partial charge is 0.444 e. The molecule has 0 radical (unpaired) electrons. The number of nitrogens with zero attached hydrogens (tertiary/aromatic N) is 2. The molecular weight excluding hydrogens is 454 g/mol. The standard InChI is InChI=1S/C28H33N5O3/c1-19-30-16-23(31-19)18-33(17-21-10-11-24-22(14-21)12-13-29-24)26(34)25(15-20-8-6-5-7-9-20)32-27(35)36-28(2,3)4/h5-14,16,25,29H,15,17-18H2,1-4H3,(H,30,31)(H,32,35). The van der Waals surface area contributed by atoms with Gasteiger partial charge >= 0.3 is 6.09 Å². The quantitative estimate of drug-likeness (QED) is 0.330. The Kier molecular flexibility index (Phi) is 7.43. The number of aryl methyl sites for hydroxylation is 1. The van der Waals surface area contributed by atoms with Crippen molar-refractivity contribution in [1.29, 1.82) is 0 Å². The Morgan fingerprint density at radius 3 is 2.53 bits per heavy atom. The first kappa shape index (κ1) is 25.0. The van der Waals surface area contributed by atoms with Crippen molar-refractivity contribution in [2.45, 2.75) is 58.8 Å². The number of hydrogen-bond donors (Lipinski definition) is 3. The van der Waals surface area contributed by atoms with Gasteiger partial charge in [0.15, 0.2) is 0 Å². The van der Waals surface area contributed by atoms with Crippen LogP contribution in [0.2, 0.25) is 0 Å². The van der Waals surface area contributed by atoms with Crippen molar-refractivity contribution >= 4 is 22.9 Å². The van der Waals surface area contributed by atoms with Gasteiger partial charge in [-0.05, 0) is 62.4 Å². The molecule has 36 heavy (non-hydrogen) atoms. The Morgan fingerprint density at radius 1 is 1.06 bits per heavy atom. The van der Waals surface area contributed by atoms with Crippen LogP contribution in [0.3, 0.4) is 0 Å². The highest BCUT2D eigenvalue weighted by atomic mass is 16.6. The highest BCUT2D eigenvalue weighted by Gasteiger charge is 2.29. The Balaban J connectivity index is 1.62. The summed E-state index contributed by atoms with van der Waals surface area (Å²) in [4.78, 5) is 39.1. The predicted molar refractivity (Wildman–Crippen MR) is 139 cm³/mol. The second-order valence-corrected chi connectivity index (χ2v) is 9.98. The molecule has 0 saturated heterocycles. The number of aromatic nitrogens is 3. The van der Waals surface area contributed by atoms with E-state index in [1.165, 1.54) is 0 Å². The van der Waals surface area contributed by atoms with Gasteiger partial charge in [0.05, 0.1) is 18.4 Å². The number of carbonyl (C=O) groups excluding carboxylic acids is 2. The first-order valence-corrected chi connectivity index (χ1v) is 12.0. The molecule has 0 aliphatic carbocycles. The fourth-order valence-corrected chi connectivity index (χ4v) is 4.11. The normalized spacial score (nSPS) is 12.3. The van der Waals surface area contributed by atoms with Crippen molar-refractivity contribution in [3.63, 3.8) is 0 Å². The summed E-state index contributed by atoms with van der Waals surface area (Å²) >= 11 is 0. The molecule has 0 aliphatic rings. The van der Waals surface area contributed by atoms with Crippen LogP contribution in [0.5, 0.6) is 0 Å². The number of fused-ring (bicyclic) bond motifs is 1. The van der Waals surface area contributed by atoms with E-state index in [9.17, 15) is 9.59 Å². The van der Waals surface area contributed by atoms with Gasteiger partial charge in [-0.25, -0.2) is 9.78 Å². The third kappa shape index (κ3) is 6.75. The zero-order valence-electron chi connectivity index (χ0n) is 21.2. The Bertz CT molecular complexity index is 1320. The van der Waals surface area contributed by atoms with E-state index in [0.29, 0.717) is 19.5 Å². The van der Waals surface area contributed by atoms with Crippen LogP contribution in [0.1, 0.15) is 43.4 Å². The maximum absolute atomic E-state index is 14.0. The molecule has 2 aromatic carbocycles. The average molecular weight is 488 g/mol. The number of aromatic amines is 2. The smallest absolute Gasteiger partial charge is 0.408 e. The Hall–Kier alpha value is -4.07. The van der Waals surface area contributed by atoms with E-state index < -0.39 is 17.7 Å². The van der Waals surface area contributed by atoms with E-state index in [1.54, 1.807) is 31.9 Å². The number of rotatable bonds is 8. The minimum absolute atomic E-state index is 0.203. The predicted octanol–water partition coefficient (Wildman–Crippen LogP) is 4.86. The summed E-state index contributed by atoms with van der Waals surface area (Å²) in [7, 11) is 0. The molecule has 2 heterocycles. The van der Waals surface area contributed by atoms with Crippen LogP contribution in [0, 0.1) is 6.92 Å². The van der Waals surface area contributed by atoms with E-state index >= 15 is 0 Å². The molecule has 4 aromatic rings. The van der Waals surface area contributed by atoms with Gasteiger partial charge in [0.25, 0.3) is 0 Å². The third-order valence-corrected chi connectivity index (χ3v) is 5.69. The van der Waals surface area contributed by atoms with Crippen LogP contribution in [0.15, 0.2) is 67.0 Å². The lowest BCUT2D eigenvalue weighted by Gasteiger charge is -2.29. The number of nitrogens with one attached hydrogen (secondary N) is 3. The van der Waals surface area contributed by atoms with E-state index in [2.05, 4.69) is 26.3 Å². The first-order valence-electron chi connectivity index (χ1n) is 12.0. The van der Waals surface area contributed by atoms with E-state index in [1.807, 2.05) is 61.7 Å². The fraction of sp³-hybridized carbons (Fsp3) is 0.321. The van der Waals surface area contributed by atoms with Gasteiger partial charge in [0.1, 0.15) is 17.5 Å². The van der Waals surface area contributed by atoms with Crippen molar-refractivity contribution in [3.05, 3.63) is 89.6 Å². The van der Waals surface area contributed by atoms with Crippen LogP contribution < -0.4 is 5.32 Å². The fourth-order valence-electron chi connectivity index (χ4n) is 4.11. The minimum atomic E-state index is -0.803. The number of hydrogen-bond acceptors (Lipinski definition) is 4. The van der Waals surface area contributed by atoms with Gasteiger partial charge in [0.2, 0.25) is 5.91 Å². The van der Waals surface area contributed by atoms with Crippen molar-refractivity contribution in [2.75, 3.05) is 0 Å². The van der Waals surface area contributed by atoms with E-state index in [0.717, 1.165) is 33.5 Å². The lowest BCUT2D eigenvalue weighted by atomic mass is 10.0. The first-order chi connectivity index (χ1) is 17.2. The molecule has 0 spiro atoms. The van der Waals surface area contributed by atoms with Gasteiger partial charge in [0, 0.05) is 24.7 Å². The van der Waals surface area contributed by atoms with Gasteiger partial charge in [-0.15, -0.1) is 0 Å². The van der Waals surface area contributed by atoms with Crippen molar-refractivity contribution < 1.29 is 14.3 Å². The third-order valence-electron chi connectivity index (χ3n) is 5.69. The molecule has 0 aliphatic heterocycles. The molecule has 0 bridgehead atoms. The molecule has 188 valence electrons. The number of benzene rings is 2. The van der Waals surface area contributed by atoms with Gasteiger partial charge in [-0.2, -0.15) is 0 Å². The summed E-state index contributed by atoms with van der Waals surface area (Å²) in [5.41, 5.74) is 3.11. The lowest BCUT2D eigenvalue weighted by molar-refractivity contribution is -0.134. The molecule has 8 heteroatoms. The second-order valence-electron chi connectivity index (χ2n) is 9.98. The summed E-state index contributed by atoms with van der Waals surface area (Å²) in [6.07, 6.45) is 3.35. The van der Waals surface area contributed by atoms with Crippen molar-refractivity contribution in [3.8, 4) is 0 Å². The molecule has 4 rings (SSSR count). The molecule has 2 amide bonds. The number of H-pyrrole nitrogens is 2. The molecule has 3 N–H and O–H groups in total. The van der Waals surface area contributed by atoms with Crippen LogP contribution in [0.4, 0.5) is 4.79 Å². The zero-order valence-corrected chi connectivity index (χ0v) is 21.2. The monoisotopic (exact) mass is 487 g/mol. The minimum Gasteiger partial charge on any atom is -0.444 e. The van der Waals surface area contributed by atoms with E-state index in [4.69, 9.17) is 4.74 Å². The maximum atomic E-state index is 14.0.